The largest absolute Gasteiger partial charge is 0.493 e. The maximum atomic E-state index is 5.83. The Labute approximate surface area is 112 Å². The van der Waals surface area contributed by atoms with Gasteiger partial charge in [0.1, 0.15) is 5.75 Å². The molecule has 1 unspecified atom stereocenters. The summed E-state index contributed by atoms with van der Waals surface area (Å²) in [7, 11) is 0. The SMILES string of the molecule is Cc1ccc(OCC2COc3ccccc32)c(N)n1. The second kappa shape index (κ2) is 4.80. The molecular weight excluding hydrogens is 240 g/mol. The molecule has 4 heteroatoms. The topological polar surface area (TPSA) is 57.4 Å². The van der Waals surface area contributed by atoms with Gasteiger partial charge in [-0.1, -0.05) is 18.2 Å². The summed E-state index contributed by atoms with van der Waals surface area (Å²) in [5, 5.41) is 0. The monoisotopic (exact) mass is 256 g/mol. The zero-order chi connectivity index (χ0) is 13.2. The van der Waals surface area contributed by atoms with E-state index in [1.807, 2.05) is 37.3 Å². The van der Waals surface area contributed by atoms with Crippen molar-refractivity contribution in [2.24, 2.45) is 0 Å². The molecule has 0 bridgehead atoms. The van der Waals surface area contributed by atoms with Gasteiger partial charge in [-0.25, -0.2) is 4.98 Å². The van der Waals surface area contributed by atoms with Crippen LogP contribution in [-0.4, -0.2) is 18.2 Å². The zero-order valence-electron chi connectivity index (χ0n) is 10.8. The molecule has 19 heavy (non-hydrogen) atoms. The Hall–Kier alpha value is -2.23. The van der Waals surface area contributed by atoms with Gasteiger partial charge in [0.2, 0.25) is 0 Å². The summed E-state index contributed by atoms with van der Waals surface area (Å²) < 4.78 is 11.4. The third-order valence-corrected chi connectivity index (χ3v) is 3.26. The predicted molar refractivity (Wildman–Crippen MR) is 73.6 cm³/mol. The first-order valence-electron chi connectivity index (χ1n) is 6.31. The van der Waals surface area contributed by atoms with E-state index < -0.39 is 0 Å². The third kappa shape index (κ3) is 2.34. The number of anilines is 1. The molecule has 0 fully saturated rings. The van der Waals surface area contributed by atoms with Gasteiger partial charge in [-0.3, -0.25) is 0 Å². The maximum Gasteiger partial charge on any atom is 0.166 e. The third-order valence-electron chi connectivity index (χ3n) is 3.26. The summed E-state index contributed by atoms with van der Waals surface area (Å²) in [5.41, 5.74) is 7.92. The number of nitrogens with two attached hydrogens (primary N) is 1. The second-order valence-electron chi connectivity index (χ2n) is 4.69. The molecule has 1 aliphatic heterocycles. The number of ether oxygens (including phenoxy) is 2. The molecule has 4 nitrogen and oxygen atoms in total. The van der Waals surface area contributed by atoms with Gasteiger partial charge >= 0.3 is 0 Å². The van der Waals surface area contributed by atoms with Crippen LogP contribution in [0.4, 0.5) is 5.82 Å². The van der Waals surface area contributed by atoms with Gasteiger partial charge in [0.25, 0.3) is 0 Å². The first-order chi connectivity index (χ1) is 9.24. The molecule has 2 heterocycles. The van der Waals surface area contributed by atoms with Crippen LogP contribution in [0, 0.1) is 6.92 Å². The molecule has 0 saturated heterocycles. The summed E-state index contributed by atoms with van der Waals surface area (Å²) in [6, 6.07) is 11.8. The minimum absolute atomic E-state index is 0.247. The quantitative estimate of drug-likeness (QED) is 0.916. The van der Waals surface area contributed by atoms with Gasteiger partial charge in [-0.05, 0) is 25.1 Å². The summed E-state index contributed by atoms with van der Waals surface area (Å²) in [6.07, 6.45) is 0. The number of benzene rings is 1. The van der Waals surface area contributed by atoms with Crippen molar-refractivity contribution in [3.05, 3.63) is 47.7 Å². The minimum Gasteiger partial charge on any atom is -0.493 e. The highest BCUT2D eigenvalue weighted by Gasteiger charge is 2.24. The lowest BCUT2D eigenvalue weighted by molar-refractivity contribution is 0.248. The van der Waals surface area contributed by atoms with E-state index >= 15 is 0 Å². The Morgan fingerprint density at radius 1 is 1.32 bits per heavy atom. The Balaban J connectivity index is 1.71. The average Bonchev–Trinajstić information content (AvgIpc) is 2.81. The Bertz CT molecular complexity index is 598. The van der Waals surface area contributed by atoms with Crippen LogP contribution in [0.3, 0.4) is 0 Å². The number of hydrogen-bond donors (Lipinski definition) is 1. The van der Waals surface area contributed by atoms with Crippen LogP contribution in [0.25, 0.3) is 0 Å². The highest BCUT2D eigenvalue weighted by molar-refractivity contribution is 5.46. The van der Waals surface area contributed by atoms with Crippen LogP contribution < -0.4 is 15.2 Å². The minimum atomic E-state index is 0.247. The van der Waals surface area contributed by atoms with Crippen molar-refractivity contribution in [1.82, 2.24) is 4.98 Å². The van der Waals surface area contributed by atoms with E-state index in [0.29, 0.717) is 24.8 Å². The Morgan fingerprint density at radius 2 is 2.16 bits per heavy atom. The van der Waals surface area contributed by atoms with Crippen molar-refractivity contribution in [1.29, 1.82) is 0 Å². The lowest BCUT2D eigenvalue weighted by Gasteiger charge is -2.12. The summed E-state index contributed by atoms with van der Waals surface area (Å²) >= 11 is 0. The van der Waals surface area contributed by atoms with Gasteiger partial charge < -0.3 is 15.2 Å². The van der Waals surface area contributed by atoms with Crippen LogP contribution in [0.2, 0.25) is 0 Å². The highest BCUT2D eigenvalue weighted by atomic mass is 16.5. The zero-order valence-corrected chi connectivity index (χ0v) is 10.8. The molecular formula is C15H16N2O2. The van der Waals surface area contributed by atoms with Gasteiger partial charge in [0, 0.05) is 11.3 Å². The summed E-state index contributed by atoms with van der Waals surface area (Å²) in [6.45, 7) is 3.10. The molecule has 0 aliphatic carbocycles. The molecule has 2 N–H and O–H groups in total. The molecule has 1 aliphatic rings. The smallest absolute Gasteiger partial charge is 0.166 e. The van der Waals surface area contributed by atoms with Gasteiger partial charge in [-0.2, -0.15) is 0 Å². The van der Waals surface area contributed by atoms with E-state index in [1.54, 1.807) is 0 Å². The van der Waals surface area contributed by atoms with E-state index in [4.69, 9.17) is 15.2 Å². The number of nitrogens with zero attached hydrogens (tertiary/aromatic N) is 1. The van der Waals surface area contributed by atoms with E-state index in [1.165, 1.54) is 5.56 Å². The fraction of sp³-hybridized carbons (Fsp3) is 0.267. The van der Waals surface area contributed by atoms with E-state index in [0.717, 1.165) is 11.4 Å². The molecule has 0 saturated carbocycles. The van der Waals surface area contributed by atoms with Crippen molar-refractivity contribution in [2.75, 3.05) is 18.9 Å². The van der Waals surface area contributed by atoms with E-state index in [2.05, 4.69) is 11.1 Å². The van der Waals surface area contributed by atoms with Crippen molar-refractivity contribution >= 4 is 5.82 Å². The fourth-order valence-electron chi connectivity index (χ4n) is 2.24. The van der Waals surface area contributed by atoms with Gasteiger partial charge in [0.05, 0.1) is 19.1 Å². The lowest BCUT2D eigenvalue weighted by atomic mass is 10.0. The molecule has 98 valence electrons. The number of aryl methyl sites for hydroxylation is 1. The van der Waals surface area contributed by atoms with E-state index in [-0.39, 0.29) is 5.92 Å². The summed E-state index contributed by atoms with van der Waals surface area (Å²) in [4.78, 5) is 4.18. The standard InChI is InChI=1S/C15H16N2O2/c1-10-6-7-14(15(16)17-10)19-9-11-8-18-13-5-3-2-4-12(11)13/h2-7,11H,8-9H2,1H3,(H2,16,17). The second-order valence-corrected chi connectivity index (χ2v) is 4.69. The van der Waals surface area contributed by atoms with Crippen molar-refractivity contribution < 1.29 is 9.47 Å². The van der Waals surface area contributed by atoms with Crippen LogP contribution in [0.5, 0.6) is 11.5 Å². The van der Waals surface area contributed by atoms with Crippen LogP contribution in [0.15, 0.2) is 36.4 Å². The summed E-state index contributed by atoms with van der Waals surface area (Å²) in [5.74, 6) is 2.27. The number of fused-ring (bicyclic) bond motifs is 1. The molecule has 1 aromatic heterocycles. The normalized spacial score (nSPS) is 16.8. The molecule has 3 rings (SSSR count). The van der Waals surface area contributed by atoms with Crippen LogP contribution in [0.1, 0.15) is 17.2 Å². The fourth-order valence-corrected chi connectivity index (χ4v) is 2.24. The predicted octanol–water partition coefficient (Wildman–Crippen LogP) is 2.53. The Kier molecular flexibility index (Phi) is 2.99. The molecule has 0 amide bonds. The van der Waals surface area contributed by atoms with E-state index in [9.17, 15) is 0 Å². The number of para-hydroxylation sites is 1. The first-order valence-corrected chi connectivity index (χ1v) is 6.31. The van der Waals surface area contributed by atoms with Gasteiger partial charge in [0.15, 0.2) is 11.6 Å². The number of aromatic nitrogens is 1. The first kappa shape index (κ1) is 11.8. The van der Waals surface area contributed by atoms with Crippen molar-refractivity contribution in [3.63, 3.8) is 0 Å². The number of rotatable bonds is 3. The molecule has 1 atom stereocenters. The molecule has 1 aromatic carbocycles. The number of hydrogen-bond acceptors (Lipinski definition) is 4. The average molecular weight is 256 g/mol. The van der Waals surface area contributed by atoms with Crippen molar-refractivity contribution in [3.8, 4) is 11.5 Å². The van der Waals surface area contributed by atoms with Gasteiger partial charge in [-0.15, -0.1) is 0 Å². The lowest BCUT2D eigenvalue weighted by Crippen LogP contribution is -2.12. The maximum absolute atomic E-state index is 5.83. The van der Waals surface area contributed by atoms with Crippen LogP contribution in [-0.2, 0) is 0 Å². The number of nitrogen functional groups attached to an aromatic ring is 1. The van der Waals surface area contributed by atoms with Crippen LogP contribution >= 0.6 is 0 Å². The Morgan fingerprint density at radius 3 is 3.00 bits per heavy atom. The molecule has 0 radical (unpaired) electrons. The molecule has 0 spiro atoms. The van der Waals surface area contributed by atoms with Crippen molar-refractivity contribution in [2.45, 2.75) is 12.8 Å². The number of pyridine rings is 1. The highest BCUT2D eigenvalue weighted by Crippen LogP contribution is 2.34. The molecule has 2 aromatic rings.